The van der Waals surface area contributed by atoms with Crippen LogP contribution in [0, 0.1) is 10.1 Å². The van der Waals surface area contributed by atoms with Crippen molar-refractivity contribution < 1.29 is 19.2 Å². The normalized spacial score (nSPS) is 10.1. The lowest BCUT2D eigenvalue weighted by atomic mass is 10.3. The van der Waals surface area contributed by atoms with E-state index < -0.39 is 4.92 Å². The van der Waals surface area contributed by atoms with Crippen LogP contribution in [0.4, 0.5) is 5.69 Å². The molecule has 0 aliphatic rings. The van der Waals surface area contributed by atoms with Crippen LogP contribution in [-0.2, 0) is 0 Å². The van der Waals surface area contributed by atoms with Crippen molar-refractivity contribution in [1.82, 2.24) is 0 Å². The van der Waals surface area contributed by atoms with Gasteiger partial charge in [-0.1, -0.05) is 17.4 Å². The predicted molar refractivity (Wildman–Crippen MR) is 74.0 cm³/mol. The molecule has 104 valence electrons. The van der Waals surface area contributed by atoms with E-state index in [9.17, 15) is 14.9 Å². The summed E-state index contributed by atoms with van der Waals surface area (Å²) in [6.07, 6.45) is 0. The van der Waals surface area contributed by atoms with Crippen molar-refractivity contribution in [2.75, 3.05) is 7.11 Å². The van der Waals surface area contributed by atoms with E-state index in [1.54, 1.807) is 24.3 Å². The molecule has 0 radical (unpaired) electrons. The molecule has 0 bridgehead atoms. The van der Waals surface area contributed by atoms with Crippen molar-refractivity contribution in [3.8, 4) is 16.6 Å². The Morgan fingerprint density at radius 3 is 2.60 bits per heavy atom. The number of hydrogen-bond donors (Lipinski definition) is 0. The molecule has 2 rings (SSSR count). The van der Waals surface area contributed by atoms with Crippen LogP contribution >= 0.6 is 11.3 Å². The zero-order chi connectivity index (χ0) is 14.7. The summed E-state index contributed by atoms with van der Waals surface area (Å²) in [5.74, 6) is 0.747. The van der Waals surface area contributed by atoms with Crippen LogP contribution < -0.4 is 9.47 Å². The summed E-state index contributed by atoms with van der Waals surface area (Å²) in [4.78, 5) is 22.0. The highest BCUT2D eigenvalue weighted by atomic mass is 32.1. The highest BCUT2D eigenvalue weighted by molar-refractivity contribution is 7.16. The van der Waals surface area contributed by atoms with Crippen LogP contribution in [0.25, 0.3) is 0 Å². The van der Waals surface area contributed by atoms with E-state index >= 15 is 0 Å². The molecule has 0 unspecified atom stereocenters. The Labute approximate surface area is 118 Å². The molecule has 0 amide bonds. The third-order valence-electron chi connectivity index (χ3n) is 2.48. The van der Waals surface area contributed by atoms with Crippen LogP contribution in [0.1, 0.15) is 16.6 Å². The second kappa shape index (κ2) is 5.70. The minimum atomic E-state index is -0.571. The Hall–Kier alpha value is -2.41. The summed E-state index contributed by atoms with van der Waals surface area (Å²) in [5, 5.41) is 11.0. The number of nitrogens with zero attached hydrogens (tertiary/aromatic N) is 1. The molecule has 0 fully saturated rings. The number of rotatable bonds is 5. The number of carbonyl (C=O) groups excluding carboxylic acids is 1. The maximum absolute atomic E-state index is 11.3. The summed E-state index contributed by atoms with van der Waals surface area (Å²) in [5.41, 5.74) is -0.219. The van der Waals surface area contributed by atoms with Gasteiger partial charge in [-0.05, 0) is 19.1 Å². The smallest absolute Gasteiger partial charge is 0.323 e. The Morgan fingerprint density at radius 1 is 1.30 bits per heavy atom. The molecule has 20 heavy (non-hydrogen) atoms. The second-order valence-electron chi connectivity index (χ2n) is 3.88. The zero-order valence-corrected chi connectivity index (χ0v) is 11.6. The number of Topliss-reactive ketones (excluding diaryl/α,β-unsaturated/α-hetero) is 1. The molecule has 6 nitrogen and oxygen atoms in total. The van der Waals surface area contributed by atoms with E-state index in [-0.39, 0.29) is 21.4 Å². The fourth-order valence-electron chi connectivity index (χ4n) is 1.51. The van der Waals surface area contributed by atoms with Gasteiger partial charge in [0.15, 0.2) is 5.78 Å². The molecule has 1 aromatic heterocycles. The number of nitro groups is 1. The molecule has 2 aromatic rings. The summed E-state index contributed by atoms with van der Waals surface area (Å²) in [7, 11) is 1.51. The van der Waals surface area contributed by atoms with Gasteiger partial charge < -0.3 is 9.47 Å². The van der Waals surface area contributed by atoms with Gasteiger partial charge in [0, 0.05) is 12.1 Å². The quantitative estimate of drug-likeness (QED) is 0.477. The fraction of sp³-hybridized carbons (Fsp3) is 0.154. The molecule has 0 N–H and O–H groups in total. The lowest BCUT2D eigenvalue weighted by molar-refractivity contribution is -0.385. The average Bonchev–Trinajstić information content (AvgIpc) is 2.83. The van der Waals surface area contributed by atoms with Gasteiger partial charge in [0.25, 0.3) is 5.06 Å². The van der Waals surface area contributed by atoms with E-state index in [0.29, 0.717) is 11.5 Å². The van der Waals surface area contributed by atoms with Crippen LogP contribution in [-0.4, -0.2) is 17.8 Å². The van der Waals surface area contributed by atoms with E-state index in [4.69, 9.17) is 9.47 Å². The summed E-state index contributed by atoms with van der Waals surface area (Å²) >= 11 is 0.950. The van der Waals surface area contributed by atoms with Crippen LogP contribution in [0.5, 0.6) is 16.6 Å². The molecule has 7 heteroatoms. The maximum atomic E-state index is 11.3. The highest BCUT2D eigenvalue weighted by Gasteiger charge is 2.23. The molecular weight excluding hydrogens is 282 g/mol. The lowest BCUT2D eigenvalue weighted by Crippen LogP contribution is -1.90. The number of benzene rings is 1. The number of hydrogen-bond acceptors (Lipinski definition) is 6. The van der Waals surface area contributed by atoms with Gasteiger partial charge in [-0.3, -0.25) is 14.9 Å². The first-order valence-electron chi connectivity index (χ1n) is 5.62. The fourth-order valence-corrected chi connectivity index (χ4v) is 2.40. The molecule has 0 aliphatic heterocycles. The first-order chi connectivity index (χ1) is 9.51. The maximum Gasteiger partial charge on any atom is 0.323 e. The van der Waals surface area contributed by atoms with Gasteiger partial charge in [-0.15, -0.1) is 0 Å². The topological polar surface area (TPSA) is 78.7 Å². The van der Waals surface area contributed by atoms with Gasteiger partial charge >= 0.3 is 5.69 Å². The monoisotopic (exact) mass is 293 g/mol. The Balaban J connectivity index is 2.36. The van der Waals surface area contributed by atoms with Crippen LogP contribution in [0.15, 0.2) is 30.3 Å². The number of thiophene rings is 1. The minimum absolute atomic E-state index is 0.0773. The van der Waals surface area contributed by atoms with Crippen molar-refractivity contribution in [1.29, 1.82) is 0 Å². The van der Waals surface area contributed by atoms with Crippen LogP contribution in [0.2, 0.25) is 0 Å². The minimum Gasteiger partial charge on any atom is -0.497 e. The van der Waals surface area contributed by atoms with E-state index in [1.807, 2.05) is 0 Å². The summed E-state index contributed by atoms with van der Waals surface area (Å²) < 4.78 is 10.5. The Kier molecular flexibility index (Phi) is 3.99. The summed E-state index contributed by atoms with van der Waals surface area (Å²) in [6.45, 7) is 1.35. The van der Waals surface area contributed by atoms with Gasteiger partial charge in [0.1, 0.15) is 11.5 Å². The van der Waals surface area contributed by atoms with Gasteiger partial charge in [-0.25, -0.2) is 0 Å². The van der Waals surface area contributed by atoms with Crippen molar-refractivity contribution in [3.63, 3.8) is 0 Å². The molecule has 1 aromatic carbocycles. The molecule has 0 saturated carbocycles. The molecular formula is C13H11NO5S. The molecule has 0 atom stereocenters. The lowest BCUT2D eigenvalue weighted by Gasteiger charge is -2.04. The number of methoxy groups -OCH3 is 1. The van der Waals surface area contributed by atoms with Gasteiger partial charge in [-0.2, -0.15) is 0 Å². The average molecular weight is 293 g/mol. The first-order valence-corrected chi connectivity index (χ1v) is 6.44. The molecule has 1 heterocycles. The number of carbonyl (C=O) groups is 1. The second-order valence-corrected chi connectivity index (χ2v) is 4.89. The SMILES string of the molecule is COc1cccc(Oc2sc(C(C)=O)cc2[N+](=O)[O-])c1. The van der Waals surface area contributed by atoms with Crippen molar-refractivity contribution >= 4 is 22.8 Å². The first kappa shape index (κ1) is 14.0. The zero-order valence-electron chi connectivity index (χ0n) is 10.8. The third kappa shape index (κ3) is 2.94. The molecule has 0 saturated heterocycles. The van der Waals surface area contributed by atoms with Crippen molar-refractivity contribution in [2.24, 2.45) is 0 Å². The van der Waals surface area contributed by atoms with Crippen LogP contribution in [0.3, 0.4) is 0 Å². The molecule has 0 spiro atoms. The third-order valence-corrected chi connectivity index (χ3v) is 3.58. The molecule has 0 aliphatic carbocycles. The van der Waals surface area contributed by atoms with Gasteiger partial charge in [0.05, 0.1) is 16.9 Å². The summed E-state index contributed by atoms with van der Waals surface area (Å²) in [6, 6.07) is 7.93. The van der Waals surface area contributed by atoms with Gasteiger partial charge in [0.2, 0.25) is 0 Å². The van der Waals surface area contributed by atoms with Crippen molar-refractivity contribution in [3.05, 3.63) is 45.3 Å². The van der Waals surface area contributed by atoms with E-state index in [0.717, 1.165) is 11.3 Å². The predicted octanol–water partition coefficient (Wildman–Crippen LogP) is 3.66. The Bertz CT molecular complexity index is 665. The van der Waals surface area contributed by atoms with Crippen molar-refractivity contribution in [2.45, 2.75) is 6.92 Å². The highest BCUT2D eigenvalue weighted by Crippen LogP contribution is 2.40. The Morgan fingerprint density at radius 2 is 2.00 bits per heavy atom. The largest absolute Gasteiger partial charge is 0.497 e. The van der Waals surface area contributed by atoms with E-state index in [2.05, 4.69) is 0 Å². The number of ketones is 1. The van der Waals surface area contributed by atoms with E-state index in [1.165, 1.54) is 20.1 Å². The standard InChI is InChI=1S/C13H11NO5S/c1-8(15)12-7-11(14(16)17)13(20-12)19-10-5-3-4-9(6-10)18-2/h3-7H,1-2H3. The number of ether oxygens (including phenoxy) is 2.